The second kappa shape index (κ2) is 7.57. The molecule has 0 fully saturated rings. The third-order valence-corrected chi connectivity index (χ3v) is 4.56. The molecular weight excluding hydrogens is 370 g/mol. The topological polar surface area (TPSA) is 68.9 Å². The summed E-state index contributed by atoms with van der Waals surface area (Å²) in [5.41, 5.74) is 9.10. The number of aliphatic imine (C=N–C) groups is 1. The van der Waals surface area contributed by atoms with Gasteiger partial charge in [-0.25, -0.2) is 4.99 Å². The second-order valence-corrected chi connectivity index (χ2v) is 6.48. The van der Waals surface area contributed by atoms with Gasteiger partial charge in [0.15, 0.2) is 17.5 Å². The van der Waals surface area contributed by atoms with E-state index in [0.717, 1.165) is 33.6 Å². The molecule has 0 aromatic heterocycles. The summed E-state index contributed by atoms with van der Waals surface area (Å²) in [5, 5.41) is 3.09. The summed E-state index contributed by atoms with van der Waals surface area (Å²) in [7, 11) is 0. The Morgan fingerprint density at radius 1 is 1.17 bits per heavy atom. The highest BCUT2D eigenvalue weighted by Crippen LogP contribution is 2.32. The van der Waals surface area contributed by atoms with Crippen molar-refractivity contribution in [3.8, 4) is 11.5 Å². The van der Waals surface area contributed by atoms with Crippen LogP contribution in [0.4, 0.5) is 5.69 Å². The van der Waals surface area contributed by atoms with E-state index in [2.05, 4.69) is 39.2 Å². The van der Waals surface area contributed by atoms with Crippen molar-refractivity contribution in [2.75, 3.05) is 18.5 Å². The number of aryl methyl sites for hydroxylation is 1. The normalized spacial score (nSPS) is 14.2. The smallest absolute Gasteiger partial charge is 0.193 e. The van der Waals surface area contributed by atoms with Crippen molar-refractivity contribution in [1.82, 2.24) is 0 Å². The van der Waals surface area contributed by atoms with E-state index in [1.165, 1.54) is 5.56 Å². The number of halogens is 1. The third-order valence-electron chi connectivity index (χ3n) is 3.67. The van der Waals surface area contributed by atoms with Gasteiger partial charge in [0, 0.05) is 22.6 Å². The summed E-state index contributed by atoms with van der Waals surface area (Å²) in [6.07, 6.45) is 0.883. The molecule has 0 amide bonds. The number of hydrogen-bond acceptors (Lipinski definition) is 3. The van der Waals surface area contributed by atoms with Crippen LogP contribution in [0.25, 0.3) is 0 Å². The molecule has 3 rings (SSSR count). The molecule has 0 spiro atoms. The van der Waals surface area contributed by atoms with Crippen molar-refractivity contribution in [2.45, 2.75) is 19.9 Å². The number of guanidine groups is 1. The fourth-order valence-electron chi connectivity index (χ4n) is 2.41. The van der Waals surface area contributed by atoms with Crippen LogP contribution in [0.5, 0.6) is 11.5 Å². The Balaban J connectivity index is 1.66. The SMILES string of the molecule is Cc1cc(CN=C(N)Nc2ccc3c(c2)OCCCO3)ccc1Br. The summed E-state index contributed by atoms with van der Waals surface area (Å²) in [4.78, 5) is 4.39. The Morgan fingerprint density at radius 2 is 1.96 bits per heavy atom. The molecule has 2 aromatic carbocycles. The largest absolute Gasteiger partial charge is 0.490 e. The summed E-state index contributed by atoms with van der Waals surface area (Å²) in [6, 6.07) is 11.8. The van der Waals surface area contributed by atoms with E-state index in [0.29, 0.717) is 25.7 Å². The number of hydrogen-bond donors (Lipinski definition) is 2. The maximum atomic E-state index is 5.99. The molecule has 0 saturated heterocycles. The molecule has 6 heteroatoms. The van der Waals surface area contributed by atoms with Crippen LogP contribution in [0.2, 0.25) is 0 Å². The van der Waals surface area contributed by atoms with E-state index in [4.69, 9.17) is 15.2 Å². The number of benzene rings is 2. The monoisotopic (exact) mass is 389 g/mol. The number of nitrogens with zero attached hydrogens (tertiary/aromatic N) is 1. The van der Waals surface area contributed by atoms with Gasteiger partial charge in [-0.2, -0.15) is 0 Å². The van der Waals surface area contributed by atoms with Crippen LogP contribution < -0.4 is 20.5 Å². The van der Waals surface area contributed by atoms with Crippen LogP contribution in [0.15, 0.2) is 45.9 Å². The van der Waals surface area contributed by atoms with Gasteiger partial charge in [0.25, 0.3) is 0 Å². The highest BCUT2D eigenvalue weighted by Gasteiger charge is 2.10. The van der Waals surface area contributed by atoms with E-state index >= 15 is 0 Å². The minimum absolute atomic E-state index is 0.366. The Hall–Kier alpha value is -2.21. The number of nitrogens with two attached hydrogens (primary N) is 1. The summed E-state index contributed by atoms with van der Waals surface area (Å²) < 4.78 is 12.4. The zero-order valence-corrected chi connectivity index (χ0v) is 15.1. The molecular formula is C18H20BrN3O2. The predicted octanol–water partition coefficient (Wildman–Crippen LogP) is 3.85. The molecule has 3 N–H and O–H groups in total. The van der Waals surface area contributed by atoms with Crippen LogP contribution in [0.1, 0.15) is 17.5 Å². The first-order valence-electron chi connectivity index (χ1n) is 7.83. The first-order chi connectivity index (χ1) is 11.6. The molecule has 1 heterocycles. The minimum Gasteiger partial charge on any atom is -0.490 e. The molecule has 126 valence electrons. The molecule has 1 aliphatic rings. The number of anilines is 1. The van der Waals surface area contributed by atoms with E-state index in [-0.39, 0.29) is 0 Å². The molecule has 0 unspecified atom stereocenters. The van der Waals surface area contributed by atoms with Crippen LogP contribution in [0.3, 0.4) is 0 Å². The highest BCUT2D eigenvalue weighted by molar-refractivity contribution is 9.10. The van der Waals surface area contributed by atoms with Gasteiger partial charge < -0.3 is 20.5 Å². The van der Waals surface area contributed by atoms with Gasteiger partial charge in [0.1, 0.15) is 0 Å². The number of fused-ring (bicyclic) bond motifs is 1. The lowest BCUT2D eigenvalue weighted by molar-refractivity contribution is 0.297. The van der Waals surface area contributed by atoms with Crippen molar-refractivity contribution in [3.05, 3.63) is 52.0 Å². The Kier molecular flexibility index (Phi) is 5.25. The van der Waals surface area contributed by atoms with Crippen LogP contribution in [-0.4, -0.2) is 19.2 Å². The van der Waals surface area contributed by atoms with Crippen molar-refractivity contribution in [2.24, 2.45) is 10.7 Å². The Labute approximate surface area is 150 Å². The average molecular weight is 390 g/mol. The van der Waals surface area contributed by atoms with E-state index < -0.39 is 0 Å². The van der Waals surface area contributed by atoms with E-state index in [1.807, 2.05) is 30.3 Å². The molecule has 0 bridgehead atoms. The average Bonchev–Trinajstić information content (AvgIpc) is 2.81. The van der Waals surface area contributed by atoms with Gasteiger partial charge >= 0.3 is 0 Å². The van der Waals surface area contributed by atoms with E-state index in [1.54, 1.807) is 0 Å². The quantitative estimate of drug-likeness (QED) is 0.617. The standard InChI is InChI=1S/C18H20BrN3O2/c1-12-9-13(3-5-15(12)19)11-21-18(20)22-14-4-6-16-17(10-14)24-8-2-7-23-16/h3-6,9-10H,2,7-8,11H2,1H3,(H3,20,21,22). The first kappa shape index (κ1) is 16.6. The lowest BCUT2D eigenvalue weighted by Gasteiger charge is -2.11. The van der Waals surface area contributed by atoms with Crippen molar-refractivity contribution in [1.29, 1.82) is 0 Å². The van der Waals surface area contributed by atoms with Gasteiger partial charge in [0.05, 0.1) is 19.8 Å². The number of rotatable bonds is 3. The summed E-state index contributed by atoms with van der Waals surface area (Å²) in [6.45, 7) is 3.91. The molecule has 0 saturated carbocycles. The van der Waals surface area contributed by atoms with Gasteiger partial charge in [-0.3, -0.25) is 0 Å². The van der Waals surface area contributed by atoms with Crippen LogP contribution >= 0.6 is 15.9 Å². The molecule has 1 aliphatic heterocycles. The number of ether oxygens (including phenoxy) is 2. The maximum absolute atomic E-state index is 5.99. The fraction of sp³-hybridized carbons (Fsp3) is 0.278. The summed E-state index contributed by atoms with van der Waals surface area (Å²) in [5.74, 6) is 1.86. The van der Waals surface area contributed by atoms with Crippen LogP contribution in [0, 0.1) is 6.92 Å². The van der Waals surface area contributed by atoms with Gasteiger partial charge in [-0.05, 0) is 36.2 Å². The molecule has 0 aliphatic carbocycles. The molecule has 0 radical (unpaired) electrons. The Morgan fingerprint density at radius 3 is 2.75 bits per heavy atom. The minimum atomic E-state index is 0.366. The highest BCUT2D eigenvalue weighted by atomic mass is 79.9. The lowest BCUT2D eigenvalue weighted by Crippen LogP contribution is -2.22. The fourth-order valence-corrected chi connectivity index (χ4v) is 2.66. The van der Waals surface area contributed by atoms with Crippen molar-refractivity contribution < 1.29 is 9.47 Å². The first-order valence-corrected chi connectivity index (χ1v) is 8.63. The summed E-state index contributed by atoms with van der Waals surface area (Å²) >= 11 is 3.49. The molecule has 5 nitrogen and oxygen atoms in total. The Bertz CT molecular complexity index is 762. The second-order valence-electron chi connectivity index (χ2n) is 5.62. The third kappa shape index (κ3) is 4.20. The van der Waals surface area contributed by atoms with E-state index in [9.17, 15) is 0 Å². The van der Waals surface area contributed by atoms with Crippen LogP contribution in [-0.2, 0) is 6.54 Å². The number of nitrogens with one attached hydrogen (secondary N) is 1. The lowest BCUT2D eigenvalue weighted by atomic mass is 10.1. The van der Waals surface area contributed by atoms with Gasteiger partial charge in [-0.15, -0.1) is 0 Å². The van der Waals surface area contributed by atoms with Gasteiger partial charge in [0.2, 0.25) is 0 Å². The van der Waals surface area contributed by atoms with Gasteiger partial charge in [-0.1, -0.05) is 28.1 Å². The predicted molar refractivity (Wildman–Crippen MR) is 99.9 cm³/mol. The molecule has 2 aromatic rings. The molecule has 0 atom stereocenters. The zero-order chi connectivity index (χ0) is 16.9. The zero-order valence-electron chi connectivity index (χ0n) is 13.5. The molecule has 24 heavy (non-hydrogen) atoms. The van der Waals surface area contributed by atoms with Crippen molar-refractivity contribution in [3.63, 3.8) is 0 Å². The van der Waals surface area contributed by atoms with Crippen molar-refractivity contribution >= 4 is 27.6 Å². The maximum Gasteiger partial charge on any atom is 0.193 e.